The molecule has 1 atom stereocenters. The van der Waals surface area contributed by atoms with Gasteiger partial charge in [0.05, 0.1) is 12.5 Å². The molecule has 0 saturated carbocycles. The number of aryl methyl sites for hydroxylation is 1. The highest BCUT2D eigenvalue weighted by Gasteiger charge is 2.28. The highest BCUT2D eigenvalue weighted by atomic mass is 15.1. The van der Waals surface area contributed by atoms with Gasteiger partial charge in [0.25, 0.3) is 0 Å². The maximum Gasteiger partial charge on any atom is 0.202 e. The van der Waals surface area contributed by atoms with Crippen molar-refractivity contribution in [1.29, 1.82) is 0 Å². The topological polar surface area (TPSA) is 29.0 Å². The van der Waals surface area contributed by atoms with Crippen molar-refractivity contribution in [2.24, 2.45) is 4.99 Å². The van der Waals surface area contributed by atoms with E-state index in [2.05, 4.69) is 34.6 Å². The lowest BCUT2D eigenvalue weighted by Crippen LogP contribution is -2.87. The van der Waals surface area contributed by atoms with E-state index in [0.717, 1.165) is 13.1 Å². The number of aliphatic imine (C=N–C) groups is 1. The number of quaternary nitrogens is 1. The lowest BCUT2D eigenvalue weighted by molar-refractivity contribution is -0.531. The third-order valence-electron chi connectivity index (χ3n) is 3.50. The molecule has 0 bridgehead atoms. The third-order valence-corrected chi connectivity index (χ3v) is 3.50. The maximum absolute atomic E-state index is 4.62. The minimum Gasteiger partial charge on any atom is -0.299 e. The number of nitrogens with two attached hydrogens (primary N) is 1. The van der Waals surface area contributed by atoms with Crippen LogP contribution in [0.1, 0.15) is 29.9 Å². The van der Waals surface area contributed by atoms with Crippen molar-refractivity contribution in [3.05, 3.63) is 35.4 Å². The van der Waals surface area contributed by atoms with Crippen molar-refractivity contribution < 1.29 is 5.32 Å². The van der Waals surface area contributed by atoms with Crippen LogP contribution in [-0.2, 0) is 6.42 Å². The number of nitrogens with zero attached hydrogens (tertiary/aromatic N) is 1. The Hall–Kier alpha value is -1.15. The zero-order valence-electron chi connectivity index (χ0n) is 8.95. The number of hydrogen-bond acceptors (Lipinski definition) is 1. The van der Waals surface area contributed by atoms with Gasteiger partial charge >= 0.3 is 0 Å². The summed E-state index contributed by atoms with van der Waals surface area (Å²) in [6, 6.07) is 8.87. The Balaban J connectivity index is 1.98. The van der Waals surface area contributed by atoms with E-state index in [1.807, 2.05) is 0 Å². The van der Waals surface area contributed by atoms with Crippen molar-refractivity contribution in [1.82, 2.24) is 0 Å². The normalized spacial score (nSPS) is 24.8. The van der Waals surface area contributed by atoms with Crippen LogP contribution in [0.15, 0.2) is 29.3 Å². The SMILES string of the molecule is c1ccc2c(c1)CCCC2C1=NCC[NH2+]1. The van der Waals surface area contributed by atoms with E-state index in [-0.39, 0.29) is 0 Å². The molecule has 1 unspecified atom stereocenters. The molecule has 1 aliphatic heterocycles. The van der Waals surface area contributed by atoms with Crippen LogP contribution >= 0.6 is 0 Å². The van der Waals surface area contributed by atoms with Crippen molar-refractivity contribution in [3.8, 4) is 0 Å². The summed E-state index contributed by atoms with van der Waals surface area (Å²) in [7, 11) is 0. The molecule has 0 spiro atoms. The van der Waals surface area contributed by atoms with Crippen LogP contribution in [0.25, 0.3) is 0 Å². The number of benzene rings is 1. The minimum atomic E-state index is 0.595. The van der Waals surface area contributed by atoms with Gasteiger partial charge in [-0.15, -0.1) is 0 Å². The Bertz CT molecular complexity index is 395. The smallest absolute Gasteiger partial charge is 0.202 e. The lowest BCUT2D eigenvalue weighted by Gasteiger charge is -2.23. The van der Waals surface area contributed by atoms with Crippen molar-refractivity contribution in [2.75, 3.05) is 13.1 Å². The summed E-state index contributed by atoms with van der Waals surface area (Å²) in [6.07, 6.45) is 3.85. The van der Waals surface area contributed by atoms with E-state index >= 15 is 0 Å². The molecule has 1 aromatic rings. The van der Waals surface area contributed by atoms with Crippen LogP contribution in [0.5, 0.6) is 0 Å². The predicted molar refractivity (Wildman–Crippen MR) is 61.2 cm³/mol. The van der Waals surface area contributed by atoms with Crippen LogP contribution in [0.3, 0.4) is 0 Å². The Morgan fingerprint density at radius 1 is 1.27 bits per heavy atom. The summed E-state index contributed by atoms with van der Waals surface area (Å²) in [5, 5.41) is 2.33. The third kappa shape index (κ3) is 1.59. The molecular weight excluding hydrogens is 184 g/mol. The van der Waals surface area contributed by atoms with E-state index in [9.17, 15) is 0 Å². The van der Waals surface area contributed by atoms with E-state index in [0.29, 0.717) is 5.92 Å². The van der Waals surface area contributed by atoms with Gasteiger partial charge in [-0.2, -0.15) is 0 Å². The Labute approximate surface area is 90.4 Å². The number of amidine groups is 1. The average Bonchev–Trinajstić information content (AvgIpc) is 2.82. The highest BCUT2D eigenvalue weighted by molar-refractivity contribution is 5.82. The molecule has 2 N–H and O–H groups in total. The molecule has 15 heavy (non-hydrogen) atoms. The molecule has 3 rings (SSSR count). The molecule has 2 nitrogen and oxygen atoms in total. The minimum absolute atomic E-state index is 0.595. The predicted octanol–water partition coefficient (Wildman–Crippen LogP) is 1.08. The second-order valence-corrected chi connectivity index (χ2v) is 4.44. The second kappa shape index (κ2) is 3.78. The molecule has 0 radical (unpaired) electrons. The Kier molecular flexibility index (Phi) is 2.29. The first kappa shape index (κ1) is 9.10. The molecule has 0 amide bonds. The van der Waals surface area contributed by atoms with Gasteiger partial charge in [-0.3, -0.25) is 5.32 Å². The van der Waals surface area contributed by atoms with Crippen LogP contribution in [0, 0.1) is 0 Å². The van der Waals surface area contributed by atoms with Crippen LogP contribution in [-0.4, -0.2) is 18.9 Å². The number of fused-ring (bicyclic) bond motifs is 1. The van der Waals surface area contributed by atoms with Crippen LogP contribution < -0.4 is 5.32 Å². The monoisotopic (exact) mass is 201 g/mol. The number of hydrogen-bond donors (Lipinski definition) is 1. The second-order valence-electron chi connectivity index (χ2n) is 4.44. The summed E-state index contributed by atoms with van der Waals surface area (Å²) in [5.41, 5.74) is 3.07. The van der Waals surface area contributed by atoms with Crippen molar-refractivity contribution >= 4 is 5.84 Å². The number of rotatable bonds is 1. The molecule has 1 aromatic carbocycles. The Morgan fingerprint density at radius 3 is 3.07 bits per heavy atom. The van der Waals surface area contributed by atoms with Gasteiger partial charge < -0.3 is 0 Å². The maximum atomic E-state index is 4.62. The molecule has 2 heteroatoms. The fraction of sp³-hybridized carbons (Fsp3) is 0.462. The molecule has 2 aliphatic rings. The van der Waals surface area contributed by atoms with Crippen LogP contribution in [0.2, 0.25) is 0 Å². The van der Waals surface area contributed by atoms with E-state index in [1.165, 1.54) is 36.2 Å². The first-order chi connectivity index (χ1) is 7.45. The van der Waals surface area contributed by atoms with E-state index in [1.54, 1.807) is 0 Å². The standard InChI is InChI=1S/C13H16N2/c1-2-6-11-10(4-1)5-3-7-12(11)13-14-8-9-15-13/h1-2,4,6,12H,3,5,7-9H2,(H,14,15)/p+1. The Morgan fingerprint density at radius 2 is 2.20 bits per heavy atom. The molecule has 0 fully saturated rings. The van der Waals surface area contributed by atoms with Gasteiger partial charge in [0.2, 0.25) is 5.84 Å². The molecular formula is C13H17N2+. The molecule has 1 heterocycles. The van der Waals surface area contributed by atoms with Crippen molar-refractivity contribution in [3.63, 3.8) is 0 Å². The van der Waals surface area contributed by atoms with Gasteiger partial charge in [-0.05, 0) is 30.4 Å². The first-order valence-corrected chi connectivity index (χ1v) is 5.90. The fourth-order valence-corrected chi connectivity index (χ4v) is 2.78. The van der Waals surface area contributed by atoms with Gasteiger partial charge in [0.1, 0.15) is 6.54 Å². The summed E-state index contributed by atoms with van der Waals surface area (Å²) in [4.78, 5) is 4.62. The largest absolute Gasteiger partial charge is 0.299 e. The van der Waals surface area contributed by atoms with Crippen LogP contribution in [0.4, 0.5) is 0 Å². The van der Waals surface area contributed by atoms with Gasteiger partial charge in [-0.1, -0.05) is 24.3 Å². The first-order valence-electron chi connectivity index (χ1n) is 5.90. The highest BCUT2D eigenvalue weighted by Crippen LogP contribution is 2.31. The molecule has 0 aromatic heterocycles. The zero-order chi connectivity index (χ0) is 10.1. The summed E-state index contributed by atoms with van der Waals surface area (Å²) < 4.78 is 0. The zero-order valence-corrected chi connectivity index (χ0v) is 8.95. The summed E-state index contributed by atoms with van der Waals surface area (Å²) in [5.74, 6) is 1.94. The average molecular weight is 201 g/mol. The summed E-state index contributed by atoms with van der Waals surface area (Å²) >= 11 is 0. The van der Waals surface area contributed by atoms with Gasteiger partial charge in [0.15, 0.2) is 0 Å². The van der Waals surface area contributed by atoms with E-state index < -0.39 is 0 Å². The molecule has 1 aliphatic carbocycles. The van der Waals surface area contributed by atoms with Crippen molar-refractivity contribution in [2.45, 2.75) is 25.2 Å². The van der Waals surface area contributed by atoms with E-state index in [4.69, 9.17) is 0 Å². The quantitative estimate of drug-likeness (QED) is 0.704. The molecule has 78 valence electrons. The lowest BCUT2D eigenvalue weighted by atomic mass is 9.82. The fourth-order valence-electron chi connectivity index (χ4n) is 2.78. The van der Waals surface area contributed by atoms with Gasteiger partial charge in [-0.25, -0.2) is 4.99 Å². The summed E-state index contributed by atoms with van der Waals surface area (Å²) in [6.45, 7) is 2.15. The van der Waals surface area contributed by atoms with Gasteiger partial charge in [0, 0.05) is 0 Å². The molecule has 0 saturated heterocycles.